The molecule has 0 spiro atoms. The van der Waals surface area contributed by atoms with E-state index in [0.29, 0.717) is 13.2 Å². The Kier molecular flexibility index (Phi) is 5.93. The van der Waals surface area contributed by atoms with Crippen LogP contribution in [0.25, 0.3) is 0 Å². The van der Waals surface area contributed by atoms with Gasteiger partial charge in [-0.2, -0.15) is 13.2 Å². The van der Waals surface area contributed by atoms with Crippen molar-refractivity contribution < 1.29 is 27.8 Å². The standard InChI is InChI=1S/C19H20F3NO3/c20-19(21,22)15-8-4-7-14(11-15)16(12-24)26-18-17(23-9-10-25-18)13-5-2-1-3-6-13/h1-8,11,16-18,23-24H,9-10,12H2/t16-,17+,18-/m1/s1. The molecule has 7 heteroatoms. The summed E-state index contributed by atoms with van der Waals surface area (Å²) in [5.74, 6) is 0. The number of hydrogen-bond donors (Lipinski definition) is 2. The van der Waals surface area contributed by atoms with Crippen LogP contribution >= 0.6 is 0 Å². The third-order valence-corrected chi connectivity index (χ3v) is 4.23. The molecular formula is C19H20F3NO3. The molecule has 0 aromatic heterocycles. The molecule has 0 bridgehead atoms. The first-order chi connectivity index (χ1) is 12.5. The fourth-order valence-electron chi connectivity index (χ4n) is 2.94. The Morgan fingerprint density at radius 2 is 1.92 bits per heavy atom. The number of aliphatic hydroxyl groups is 1. The monoisotopic (exact) mass is 367 g/mol. The number of morpholine rings is 1. The summed E-state index contributed by atoms with van der Waals surface area (Å²) in [4.78, 5) is 0. The fourth-order valence-corrected chi connectivity index (χ4v) is 2.94. The molecule has 1 fully saturated rings. The molecular weight excluding hydrogens is 347 g/mol. The summed E-state index contributed by atoms with van der Waals surface area (Å²) in [7, 11) is 0. The van der Waals surface area contributed by atoms with Gasteiger partial charge in [-0.15, -0.1) is 0 Å². The molecule has 1 aliphatic heterocycles. The number of halogens is 3. The fraction of sp³-hybridized carbons (Fsp3) is 0.368. The number of alkyl halides is 3. The van der Waals surface area contributed by atoms with Gasteiger partial charge >= 0.3 is 6.18 Å². The molecule has 0 saturated carbocycles. The Labute approximate surface area is 149 Å². The third kappa shape index (κ3) is 4.42. The highest BCUT2D eigenvalue weighted by atomic mass is 19.4. The minimum absolute atomic E-state index is 0.253. The maximum Gasteiger partial charge on any atom is 0.416 e. The first kappa shape index (κ1) is 18.8. The minimum Gasteiger partial charge on any atom is -0.393 e. The van der Waals surface area contributed by atoms with Crippen LogP contribution in [0.1, 0.15) is 28.8 Å². The highest BCUT2D eigenvalue weighted by Crippen LogP contribution is 2.33. The lowest BCUT2D eigenvalue weighted by molar-refractivity contribution is -0.209. The van der Waals surface area contributed by atoms with Crippen molar-refractivity contribution in [1.29, 1.82) is 0 Å². The number of benzene rings is 2. The number of nitrogens with one attached hydrogen (secondary N) is 1. The zero-order valence-corrected chi connectivity index (χ0v) is 13.9. The molecule has 0 aliphatic carbocycles. The topological polar surface area (TPSA) is 50.7 Å². The summed E-state index contributed by atoms with van der Waals surface area (Å²) in [5.41, 5.74) is 0.417. The molecule has 4 nitrogen and oxygen atoms in total. The minimum atomic E-state index is -4.45. The van der Waals surface area contributed by atoms with Crippen molar-refractivity contribution in [3.63, 3.8) is 0 Å². The first-order valence-corrected chi connectivity index (χ1v) is 8.32. The van der Waals surface area contributed by atoms with Crippen molar-refractivity contribution in [2.24, 2.45) is 0 Å². The molecule has 1 saturated heterocycles. The van der Waals surface area contributed by atoms with Crippen molar-refractivity contribution >= 4 is 0 Å². The van der Waals surface area contributed by atoms with Crippen molar-refractivity contribution in [2.75, 3.05) is 19.8 Å². The molecule has 3 atom stereocenters. The van der Waals surface area contributed by atoms with Crippen LogP contribution in [0.2, 0.25) is 0 Å². The summed E-state index contributed by atoms with van der Waals surface area (Å²) >= 11 is 0. The van der Waals surface area contributed by atoms with Gasteiger partial charge in [0.1, 0.15) is 6.10 Å². The summed E-state index contributed by atoms with van der Waals surface area (Å²) in [6.07, 6.45) is -6.10. The molecule has 3 rings (SSSR count). The van der Waals surface area contributed by atoms with Crippen LogP contribution in [0.5, 0.6) is 0 Å². The molecule has 1 heterocycles. The summed E-state index contributed by atoms with van der Waals surface area (Å²) in [6, 6.07) is 14.0. The van der Waals surface area contributed by atoms with Crippen LogP contribution in [0.4, 0.5) is 13.2 Å². The smallest absolute Gasteiger partial charge is 0.393 e. The quantitative estimate of drug-likeness (QED) is 0.850. The lowest BCUT2D eigenvalue weighted by atomic mass is 10.0. The highest BCUT2D eigenvalue weighted by molar-refractivity contribution is 5.27. The van der Waals surface area contributed by atoms with E-state index < -0.39 is 30.7 Å². The Hall–Kier alpha value is -1.93. The highest BCUT2D eigenvalue weighted by Gasteiger charge is 2.33. The van der Waals surface area contributed by atoms with Gasteiger partial charge in [0.2, 0.25) is 0 Å². The summed E-state index contributed by atoms with van der Waals surface area (Å²) < 4.78 is 50.4. The van der Waals surface area contributed by atoms with E-state index in [0.717, 1.165) is 17.7 Å². The molecule has 2 aromatic carbocycles. The van der Waals surface area contributed by atoms with Crippen LogP contribution in [-0.2, 0) is 15.7 Å². The van der Waals surface area contributed by atoms with E-state index in [1.165, 1.54) is 12.1 Å². The SMILES string of the molecule is OC[C@@H](O[C@H]1OCCN[C@H]1c1ccccc1)c1cccc(C(F)(F)F)c1. The Balaban J connectivity index is 1.80. The van der Waals surface area contributed by atoms with Crippen molar-refractivity contribution in [1.82, 2.24) is 5.32 Å². The van der Waals surface area contributed by atoms with Gasteiger partial charge in [-0.05, 0) is 23.3 Å². The average molecular weight is 367 g/mol. The normalized spacial score (nSPS) is 22.2. The van der Waals surface area contributed by atoms with Gasteiger partial charge in [0.15, 0.2) is 6.29 Å². The van der Waals surface area contributed by atoms with E-state index in [4.69, 9.17) is 9.47 Å². The molecule has 2 N–H and O–H groups in total. The molecule has 26 heavy (non-hydrogen) atoms. The molecule has 0 radical (unpaired) electrons. The van der Waals surface area contributed by atoms with Gasteiger partial charge in [-0.25, -0.2) is 0 Å². The van der Waals surface area contributed by atoms with Crippen molar-refractivity contribution in [2.45, 2.75) is 24.6 Å². The lowest BCUT2D eigenvalue weighted by Gasteiger charge is -2.35. The van der Waals surface area contributed by atoms with Crippen LogP contribution in [0.3, 0.4) is 0 Å². The predicted octanol–water partition coefficient (Wildman–Crippen LogP) is 3.44. The van der Waals surface area contributed by atoms with Gasteiger partial charge < -0.3 is 19.9 Å². The summed E-state index contributed by atoms with van der Waals surface area (Å²) in [5, 5.41) is 13.0. The maximum atomic E-state index is 12.9. The molecule has 1 aliphatic rings. The predicted molar refractivity (Wildman–Crippen MR) is 89.3 cm³/mol. The second-order valence-corrected chi connectivity index (χ2v) is 6.01. The van der Waals surface area contributed by atoms with Crippen LogP contribution in [-0.4, -0.2) is 31.2 Å². The number of ether oxygens (including phenoxy) is 2. The zero-order chi connectivity index (χ0) is 18.6. The van der Waals surface area contributed by atoms with Gasteiger partial charge in [0, 0.05) is 6.54 Å². The van der Waals surface area contributed by atoms with E-state index in [1.807, 2.05) is 30.3 Å². The van der Waals surface area contributed by atoms with Gasteiger partial charge in [0.05, 0.1) is 24.8 Å². The van der Waals surface area contributed by atoms with Gasteiger partial charge in [0.25, 0.3) is 0 Å². The largest absolute Gasteiger partial charge is 0.416 e. The number of rotatable bonds is 5. The molecule has 2 aromatic rings. The second-order valence-electron chi connectivity index (χ2n) is 6.01. The van der Waals surface area contributed by atoms with Crippen molar-refractivity contribution in [3.8, 4) is 0 Å². The molecule has 0 unspecified atom stereocenters. The zero-order valence-electron chi connectivity index (χ0n) is 13.9. The van der Waals surface area contributed by atoms with Crippen molar-refractivity contribution in [3.05, 3.63) is 71.3 Å². The maximum absolute atomic E-state index is 12.9. The van der Waals surface area contributed by atoms with E-state index >= 15 is 0 Å². The van der Waals surface area contributed by atoms with E-state index in [2.05, 4.69) is 5.32 Å². The second kappa shape index (κ2) is 8.18. The Morgan fingerprint density at radius 1 is 1.15 bits per heavy atom. The number of hydrogen-bond acceptors (Lipinski definition) is 4. The summed E-state index contributed by atoms with van der Waals surface area (Å²) in [6.45, 7) is 0.587. The molecule has 0 amide bonds. The molecule has 140 valence electrons. The number of aliphatic hydroxyl groups excluding tert-OH is 1. The van der Waals surface area contributed by atoms with E-state index in [1.54, 1.807) is 0 Å². The van der Waals surface area contributed by atoms with Crippen LogP contribution in [0.15, 0.2) is 54.6 Å². The van der Waals surface area contributed by atoms with Crippen LogP contribution in [0, 0.1) is 0 Å². The Bertz CT molecular complexity index is 709. The first-order valence-electron chi connectivity index (χ1n) is 8.32. The van der Waals surface area contributed by atoms with E-state index in [9.17, 15) is 18.3 Å². The average Bonchev–Trinajstić information content (AvgIpc) is 2.66. The van der Waals surface area contributed by atoms with Gasteiger partial charge in [-0.3, -0.25) is 0 Å². The third-order valence-electron chi connectivity index (χ3n) is 4.23. The van der Waals surface area contributed by atoms with E-state index in [-0.39, 0.29) is 11.6 Å². The van der Waals surface area contributed by atoms with Gasteiger partial charge in [-0.1, -0.05) is 42.5 Å². The lowest BCUT2D eigenvalue weighted by Crippen LogP contribution is -2.44. The van der Waals surface area contributed by atoms with Crippen LogP contribution < -0.4 is 5.32 Å². The Morgan fingerprint density at radius 3 is 2.62 bits per heavy atom.